The summed E-state index contributed by atoms with van der Waals surface area (Å²) in [5, 5.41) is 0. The number of rotatable bonds is 4. The third-order valence-corrected chi connectivity index (χ3v) is 2.41. The Morgan fingerprint density at radius 3 is 2.53 bits per heavy atom. The second-order valence-electron chi connectivity index (χ2n) is 3.69. The summed E-state index contributed by atoms with van der Waals surface area (Å²) in [6.07, 6.45) is 0.761. The lowest BCUT2D eigenvalue weighted by molar-refractivity contribution is 0.112. The molecule has 2 aromatic rings. The molecule has 0 aliphatic heterocycles. The molecular formula is C14H11BO2. The summed E-state index contributed by atoms with van der Waals surface area (Å²) in [6, 6.07) is 14.8. The minimum atomic E-state index is 0.464. The van der Waals surface area contributed by atoms with E-state index in [1.165, 1.54) is 0 Å². The van der Waals surface area contributed by atoms with Crippen LogP contribution in [0.3, 0.4) is 0 Å². The number of carbonyl (C=O) groups is 1. The van der Waals surface area contributed by atoms with Gasteiger partial charge in [-0.2, -0.15) is 0 Å². The van der Waals surface area contributed by atoms with Crippen LogP contribution in [0.25, 0.3) is 0 Å². The molecule has 2 nitrogen and oxygen atoms in total. The fourth-order valence-corrected chi connectivity index (χ4v) is 1.51. The highest BCUT2D eigenvalue weighted by molar-refractivity contribution is 6.34. The van der Waals surface area contributed by atoms with Crippen molar-refractivity contribution in [2.45, 2.75) is 6.61 Å². The molecule has 0 amide bonds. The first-order chi connectivity index (χ1) is 8.29. The quantitative estimate of drug-likeness (QED) is 0.583. The maximum atomic E-state index is 10.6. The number of hydrogen-bond acceptors (Lipinski definition) is 2. The highest BCUT2D eigenvalue weighted by Gasteiger charge is 2.00. The standard InChI is InChI=1S/C14H11BO2/c15-13-8-12(9-16)6-7-14(13)17-10-11-4-2-1-3-5-11/h1-9H,10H2. The maximum absolute atomic E-state index is 10.6. The van der Waals surface area contributed by atoms with Crippen molar-refractivity contribution in [1.82, 2.24) is 0 Å². The first-order valence-corrected chi connectivity index (χ1v) is 5.31. The molecule has 3 heteroatoms. The number of carbonyl (C=O) groups excluding carboxylic acids is 1. The molecule has 0 aromatic heterocycles. The summed E-state index contributed by atoms with van der Waals surface area (Å²) in [6.45, 7) is 0.464. The van der Waals surface area contributed by atoms with Crippen LogP contribution in [-0.2, 0) is 6.61 Å². The van der Waals surface area contributed by atoms with Gasteiger partial charge in [-0.3, -0.25) is 4.79 Å². The largest absolute Gasteiger partial charge is 0.490 e. The maximum Gasteiger partial charge on any atom is 0.150 e. The van der Waals surface area contributed by atoms with Crippen molar-refractivity contribution in [1.29, 1.82) is 0 Å². The van der Waals surface area contributed by atoms with E-state index in [0.29, 0.717) is 23.4 Å². The summed E-state index contributed by atoms with van der Waals surface area (Å²) in [7, 11) is 5.78. The SMILES string of the molecule is [B]c1cc(C=O)ccc1OCc1ccccc1. The van der Waals surface area contributed by atoms with Gasteiger partial charge in [-0.25, -0.2) is 0 Å². The number of aldehydes is 1. The number of hydrogen-bond donors (Lipinski definition) is 0. The molecule has 82 valence electrons. The Hall–Kier alpha value is -2.03. The highest BCUT2D eigenvalue weighted by Crippen LogP contribution is 2.10. The first-order valence-electron chi connectivity index (χ1n) is 5.31. The molecule has 2 radical (unpaired) electrons. The molecule has 0 saturated carbocycles. The van der Waals surface area contributed by atoms with Crippen molar-refractivity contribution < 1.29 is 9.53 Å². The molecule has 0 unspecified atom stereocenters. The van der Waals surface area contributed by atoms with Gasteiger partial charge in [0.1, 0.15) is 26.5 Å². The molecule has 0 fully saturated rings. The molecule has 17 heavy (non-hydrogen) atoms. The molecule has 2 rings (SSSR count). The summed E-state index contributed by atoms with van der Waals surface area (Å²) in [4.78, 5) is 10.6. The Morgan fingerprint density at radius 1 is 1.12 bits per heavy atom. The van der Waals surface area contributed by atoms with Gasteiger partial charge in [0.25, 0.3) is 0 Å². The Morgan fingerprint density at radius 2 is 1.88 bits per heavy atom. The van der Waals surface area contributed by atoms with Gasteiger partial charge in [0.2, 0.25) is 0 Å². The molecule has 0 aliphatic carbocycles. The Labute approximate surface area is 102 Å². The molecule has 0 heterocycles. The number of ether oxygens (including phenoxy) is 1. The minimum absolute atomic E-state index is 0.464. The fourth-order valence-electron chi connectivity index (χ4n) is 1.51. The van der Waals surface area contributed by atoms with Crippen molar-refractivity contribution in [2.24, 2.45) is 0 Å². The molecule has 0 saturated heterocycles. The lowest BCUT2D eigenvalue weighted by Crippen LogP contribution is -2.10. The van der Waals surface area contributed by atoms with Gasteiger partial charge in [-0.1, -0.05) is 41.9 Å². The molecule has 0 spiro atoms. The molecule has 0 bridgehead atoms. The zero-order valence-electron chi connectivity index (χ0n) is 9.30. The van der Waals surface area contributed by atoms with E-state index >= 15 is 0 Å². The molecule has 0 N–H and O–H groups in total. The first kappa shape index (κ1) is 11.5. The average molecular weight is 222 g/mol. The fraction of sp³-hybridized carbons (Fsp3) is 0.0714. The topological polar surface area (TPSA) is 26.3 Å². The molecule has 2 aromatic carbocycles. The van der Waals surface area contributed by atoms with Crippen molar-refractivity contribution in [3.8, 4) is 5.75 Å². The lowest BCUT2D eigenvalue weighted by atomic mass is 9.93. The molecular weight excluding hydrogens is 211 g/mol. The Kier molecular flexibility index (Phi) is 3.60. The summed E-state index contributed by atoms with van der Waals surface area (Å²) < 4.78 is 5.58. The predicted molar refractivity (Wildman–Crippen MR) is 68.0 cm³/mol. The van der Waals surface area contributed by atoms with E-state index in [1.54, 1.807) is 18.2 Å². The van der Waals surface area contributed by atoms with Crippen LogP contribution in [0.1, 0.15) is 15.9 Å². The van der Waals surface area contributed by atoms with Crippen molar-refractivity contribution in [3.63, 3.8) is 0 Å². The Balaban J connectivity index is 2.07. The third kappa shape index (κ3) is 2.97. The Bertz CT molecular complexity index is 509. The van der Waals surface area contributed by atoms with Crippen LogP contribution in [0, 0.1) is 0 Å². The van der Waals surface area contributed by atoms with Gasteiger partial charge >= 0.3 is 0 Å². The third-order valence-electron chi connectivity index (χ3n) is 2.41. The predicted octanol–water partition coefficient (Wildman–Crippen LogP) is 1.87. The highest BCUT2D eigenvalue weighted by atomic mass is 16.5. The van der Waals surface area contributed by atoms with E-state index < -0.39 is 0 Å². The van der Waals surface area contributed by atoms with E-state index in [4.69, 9.17) is 12.6 Å². The zero-order chi connectivity index (χ0) is 12.1. The molecule has 0 atom stereocenters. The van der Waals surface area contributed by atoms with Gasteiger partial charge in [-0.15, -0.1) is 0 Å². The van der Waals surface area contributed by atoms with Gasteiger partial charge < -0.3 is 4.74 Å². The van der Waals surface area contributed by atoms with Crippen LogP contribution in [0.15, 0.2) is 48.5 Å². The van der Waals surface area contributed by atoms with E-state index in [9.17, 15) is 4.79 Å². The second-order valence-corrected chi connectivity index (χ2v) is 3.69. The van der Waals surface area contributed by atoms with Gasteiger partial charge in [-0.05, 0) is 17.7 Å². The van der Waals surface area contributed by atoms with E-state index in [2.05, 4.69) is 0 Å². The monoisotopic (exact) mass is 222 g/mol. The van der Waals surface area contributed by atoms with E-state index in [-0.39, 0.29) is 0 Å². The second kappa shape index (κ2) is 5.35. The van der Waals surface area contributed by atoms with Gasteiger partial charge in [0.05, 0.1) is 0 Å². The zero-order valence-corrected chi connectivity index (χ0v) is 9.30. The van der Waals surface area contributed by atoms with Crippen LogP contribution in [0.5, 0.6) is 5.75 Å². The van der Waals surface area contributed by atoms with Crippen molar-refractivity contribution >= 4 is 19.6 Å². The van der Waals surface area contributed by atoms with E-state index in [0.717, 1.165) is 11.8 Å². The summed E-state index contributed by atoms with van der Waals surface area (Å²) >= 11 is 0. The van der Waals surface area contributed by atoms with E-state index in [1.807, 2.05) is 30.3 Å². The van der Waals surface area contributed by atoms with Crippen LogP contribution >= 0.6 is 0 Å². The van der Waals surface area contributed by atoms with Gasteiger partial charge in [0, 0.05) is 5.56 Å². The summed E-state index contributed by atoms with van der Waals surface area (Å²) in [5.41, 5.74) is 2.10. The van der Waals surface area contributed by atoms with Crippen LogP contribution < -0.4 is 10.2 Å². The normalized spacial score (nSPS) is 9.88. The number of benzene rings is 2. The smallest absolute Gasteiger partial charge is 0.150 e. The lowest BCUT2D eigenvalue weighted by Gasteiger charge is -2.09. The summed E-state index contributed by atoms with van der Waals surface area (Å²) in [5.74, 6) is 0.597. The average Bonchev–Trinajstić information content (AvgIpc) is 2.38. The van der Waals surface area contributed by atoms with Crippen molar-refractivity contribution in [2.75, 3.05) is 0 Å². The van der Waals surface area contributed by atoms with Crippen LogP contribution in [0.2, 0.25) is 0 Å². The van der Waals surface area contributed by atoms with Gasteiger partial charge in [0.15, 0.2) is 0 Å². The van der Waals surface area contributed by atoms with Crippen LogP contribution in [0.4, 0.5) is 0 Å². The minimum Gasteiger partial charge on any atom is -0.490 e. The van der Waals surface area contributed by atoms with Crippen LogP contribution in [-0.4, -0.2) is 14.1 Å². The van der Waals surface area contributed by atoms with Crippen molar-refractivity contribution in [3.05, 3.63) is 59.7 Å². The molecule has 0 aliphatic rings.